The fraction of sp³-hybridized carbons (Fsp3) is 0.714. The maximum absolute atomic E-state index is 13.4. The molecule has 132 valence electrons. The molecule has 0 heterocycles. The first-order chi connectivity index (χ1) is 11.5. The average Bonchev–Trinajstić information content (AvgIpc) is 2.50. The lowest BCUT2D eigenvalue weighted by Gasteiger charge is -2.60. The van der Waals surface area contributed by atoms with Gasteiger partial charge in [0.2, 0.25) is 0 Å². The maximum Gasteiger partial charge on any atom is 0.194 e. The quantitative estimate of drug-likeness (QED) is 0.546. The van der Waals surface area contributed by atoms with Crippen molar-refractivity contribution in [2.24, 2.45) is 23.2 Å². The Morgan fingerprint density at radius 1 is 0.875 bits per heavy atom. The summed E-state index contributed by atoms with van der Waals surface area (Å²) in [7, 11) is 0. The molecule has 0 unspecified atom stereocenters. The van der Waals surface area contributed by atoms with Crippen molar-refractivity contribution in [1.82, 2.24) is 0 Å². The molecule has 3 heteroatoms. The van der Waals surface area contributed by atoms with Crippen LogP contribution in [-0.2, 0) is 0 Å². The normalized spacial score (nSPS) is 38.7. The Morgan fingerprint density at radius 3 is 2.00 bits per heavy atom. The summed E-state index contributed by atoms with van der Waals surface area (Å²) in [6, 6.07) is 2.39. The van der Waals surface area contributed by atoms with Crippen LogP contribution in [0.2, 0.25) is 0 Å². The van der Waals surface area contributed by atoms with Crippen molar-refractivity contribution in [3.63, 3.8) is 0 Å². The zero-order valence-corrected chi connectivity index (χ0v) is 14.5. The summed E-state index contributed by atoms with van der Waals surface area (Å²) < 4.78 is 40.0. The van der Waals surface area contributed by atoms with E-state index in [0.717, 1.165) is 43.4 Å². The van der Waals surface area contributed by atoms with Gasteiger partial charge in [0.15, 0.2) is 17.5 Å². The molecule has 0 N–H and O–H groups in total. The average molecular weight is 336 g/mol. The van der Waals surface area contributed by atoms with Crippen molar-refractivity contribution in [1.29, 1.82) is 0 Å². The molecule has 0 bridgehead atoms. The van der Waals surface area contributed by atoms with E-state index in [9.17, 15) is 13.2 Å². The predicted molar refractivity (Wildman–Crippen MR) is 89.2 cm³/mol. The molecule has 0 amide bonds. The summed E-state index contributed by atoms with van der Waals surface area (Å²) in [5.41, 5.74) is 1.34. The topological polar surface area (TPSA) is 0 Å². The molecular weight excluding hydrogens is 309 g/mol. The van der Waals surface area contributed by atoms with Crippen LogP contribution < -0.4 is 0 Å². The number of hydrogen-bond acceptors (Lipinski definition) is 0. The zero-order valence-electron chi connectivity index (χ0n) is 14.5. The standard InChI is InChI=1S/C21H27F3/c1-2-13-9-21(10-13)11-17(12-21)15-5-3-14(4-6-15)16-7-18(22)20(24)19(23)8-16/h7-8,13-15,17H,2-6,9-12H2,1H3/t13?,14-,15-,17?,21?. The van der Waals surface area contributed by atoms with E-state index >= 15 is 0 Å². The van der Waals surface area contributed by atoms with Crippen LogP contribution in [0.4, 0.5) is 13.2 Å². The van der Waals surface area contributed by atoms with E-state index in [4.69, 9.17) is 0 Å². The van der Waals surface area contributed by atoms with Gasteiger partial charge in [0.05, 0.1) is 0 Å². The van der Waals surface area contributed by atoms with Crippen molar-refractivity contribution in [3.05, 3.63) is 35.1 Å². The maximum atomic E-state index is 13.4. The molecule has 4 rings (SSSR count). The highest BCUT2D eigenvalue weighted by atomic mass is 19.2. The molecule has 3 aliphatic carbocycles. The smallest absolute Gasteiger partial charge is 0.194 e. The lowest BCUT2D eigenvalue weighted by molar-refractivity contribution is -0.0932. The Morgan fingerprint density at radius 2 is 1.46 bits per heavy atom. The van der Waals surface area contributed by atoms with Crippen LogP contribution in [0.3, 0.4) is 0 Å². The SMILES string of the molecule is CCC1CC2(C1)CC([C@H]1CC[C@H](c3cc(F)c(F)c(F)c3)CC1)C2. The third kappa shape index (κ3) is 2.78. The molecule has 1 aromatic carbocycles. The molecule has 0 aliphatic heterocycles. The largest absolute Gasteiger partial charge is 0.204 e. The van der Waals surface area contributed by atoms with Gasteiger partial charge in [-0.1, -0.05) is 13.3 Å². The Bertz CT molecular complexity index is 579. The van der Waals surface area contributed by atoms with E-state index in [-0.39, 0.29) is 5.92 Å². The van der Waals surface area contributed by atoms with E-state index in [1.807, 2.05) is 0 Å². The Balaban J connectivity index is 1.30. The van der Waals surface area contributed by atoms with Crippen molar-refractivity contribution in [3.8, 4) is 0 Å². The summed E-state index contributed by atoms with van der Waals surface area (Å²) >= 11 is 0. The fourth-order valence-electron chi connectivity index (χ4n) is 5.91. The van der Waals surface area contributed by atoms with Crippen LogP contribution in [-0.4, -0.2) is 0 Å². The Kier molecular flexibility index (Phi) is 4.17. The minimum atomic E-state index is -1.35. The predicted octanol–water partition coefficient (Wildman–Crippen LogP) is 6.59. The molecule has 3 aliphatic rings. The van der Waals surface area contributed by atoms with Gasteiger partial charge in [0, 0.05) is 0 Å². The monoisotopic (exact) mass is 336 g/mol. The van der Waals surface area contributed by atoms with Gasteiger partial charge >= 0.3 is 0 Å². The van der Waals surface area contributed by atoms with Crippen molar-refractivity contribution in [2.75, 3.05) is 0 Å². The molecule has 0 radical (unpaired) electrons. The third-order valence-corrected chi connectivity index (χ3v) is 7.33. The summed E-state index contributed by atoms with van der Waals surface area (Å²) in [5, 5.41) is 0. The van der Waals surface area contributed by atoms with Crippen LogP contribution in [0.15, 0.2) is 12.1 Å². The van der Waals surface area contributed by atoms with E-state index < -0.39 is 17.5 Å². The van der Waals surface area contributed by atoms with Gasteiger partial charge in [0.25, 0.3) is 0 Å². The van der Waals surface area contributed by atoms with E-state index in [0.29, 0.717) is 11.0 Å². The van der Waals surface area contributed by atoms with Crippen LogP contribution >= 0.6 is 0 Å². The highest BCUT2D eigenvalue weighted by Gasteiger charge is 2.53. The number of halogens is 3. The molecule has 0 nitrogen and oxygen atoms in total. The van der Waals surface area contributed by atoms with Gasteiger partial charge in [-0.05, 0) is 98.1 Å². The lowest BCUT2D eigenvalue weighted by atomic mass is 9.45. The molecule has 0 aromatic heterocycles. The van der Waals surface area contributed by atoms with E-state index in [2.05, 4.69) is 6.92 Å². The third-order valence-electron chi connectivity index (χ3n) is 7.33. The molecule has 1 spiro atoms. The van der Waals surface area contributed by atoms with E-state index in [1.54, 1.807) is 0 Å². The molecule has 3 fully saturated rings. The molecule has 0 saturated heterocycles. The second-order valence-corrected chi connectivity index (χ2v) is 8.76. The molecular formula is C21H27F3. The van der Waals surface area contributed by atoms with Gasteiger partial charge in [-0.3, -0.25) is 0 Å². The second-order valence-electron chi connectivity index (χ2n) is 8.76. The fourth-order valence-corrected chi connectivity index (χ4v) is 5.91. The Hall–Kier alpha value is -0.990. The molecule has 0 atom stereocenters. The highest BCUT2D eigenvalue weighted by Crippen LogP contribution is 2.64. The van der Waals surface area contributed by atoms with Crippen LogP contribution in [0.5, 0.6) is 0 Å². The minimum absolute atomic E-state index is 0.188. The van der Waals surface area contributed by atoms with E-state index in [1.165, 1.54) is 44.2 Å². The zero-order chi connectivity index (χ0) is 16.9. The number of benzene rings is 1. The van der Waals surface area contributed by atoms with Gasteiger partial charge in [0.1, 0.15) is 0 Å². The van der Waals surface area contributed by atoms with Gasteiger partial charge < -0.3 is 0 Å². The summed E-state index contributed by atoms with van der Waals surface area (Å²) in [6.07, 6.45) is 11.3. The summed E-state index contributed by atoms with van der Waals surface area (Å²) in [6.45, 7) is 2.30. The summed E-state index contributed by atoms with van der Waals surface area (Å²) in [4.78, 5) is 0. The first kappa shape index (κ1) is 16.5. The molecule has 3 saturated carbocycles. The number of hydrogen-bond donors (Lipinski definition) is 0. The first-order valence-corrected chi connectivity index (χ1v) is 9.64. The van der Waals surface area contributed by atoms with Crippen molar-refractivity contribution < 1.29 is 13.2 Å². The number of rotatable bonds is 3. The van der Waals surface area contributed by atoms with Crippen molar-refractivity contribution in [2.45, 2.75) is 70.6 Å². The first-order valence-electron chi connectivity index (χ1n) is 9.64. The van der Waals surface area contributed by atoms with Crippen LogP contribution in [0.1, 0.15) is 76.2 Å². The van der Waals surface area contributed by atoms with Gasteiger partial charge in [-0.15, -0.1) is 0 Å². The Labute approximate surface area is 142 Å². The van der Waals surface area contributed by atoms with Crippen molar-refractivity contribution >= 4 is 0 Å². The summed E-state index contributed by atoms with van der Waals surface area (Å²) in [5.74, 6) is -0.615. The van der Waals surface area contributed by atoms with Gasteiger partial charge in [-0.2, -0.15) is 0 Å². The van der Waals surface area contributed by atoms with Crippen LogP contribution in [0.25, 0.3) is 0 Å². The highest BCUT2D eigenvalue weighted by molar-refractivity contribution is 5.23. The lowest BCUT2D eigenvalue weighted by Crippen LogP contribution is -2.49. The molecule has 24 heavy (non-hydrogen) atoms. The minimum Gasteiger partial charge on any atom is -0.204 e. The van der Waals surface area contributed by atoms with Gasteiger partial charge in [-0.25, -0.2) is 13.2 Å². The van der Waals surface area contributed by atoms with Crippen LogP contribution in [0, 0.1) is 40.6 Å². The molecule has 1 aromatic rings. The second kappa shape index (κ2) is 6.07.